The highest BCUT2D eigenvalue weighted by atomic mass is 32.2. The van der Waals surface area contributed by atoms with Crippen LogP contribution in [0.15, 0.2) is 23.1 Å². The van der Waals surface area contributed by atoms with Gasteiger partial charge in [-0.05, 0) is 24.1 Å². The normalized spacial score (nSPS) is 11.3. The van der Waals surface area contributed by atoms with Crippen LogP contribution >= 0.6 is 0 Å². The molecule has 0 heterocycles. The van der Waals surface area contributed by atoms with Gasteiger partial charge in [0.15, 0.2) is 0 Å². The quantitative estimate of drug-likeness (QED) is 0.768. The van der Waals surface area contributed by atoms with Crippen molar-refractivity contribution in [1.29, 1.82) is 5.26 Å². The number of primary sulfonamides is 1. The van der Waals surface area contributed by atoms with E-state index in [1.165, 1.54) is 12.1 Å². The highest BCUT2D eigenvalue weighted by molar-refractivity contribution is 7.89. The summed E-state index contributed by atoms with van der Waals surface area (Å²) in [7, 11) is -3.76. The van der Waals surface area contributed by atoms with Gasteiger partial charge in [0.2, 0.25) is 10.0 Å². The predicted molar refractivity (Wildman–Crippen MR) is 79.5 cm³/mol. The molecule has 0 saturated carbocycles. The summed E-state index contributed by atoms with van der Waals surface area (Å²) in [6.45, 7) is 5.41. The summed E-state index contributed by atoms with van der Waals surface area (Å²) in [6, 6.07) is 6.51. The Kier molecular flexibility index (Phi) is 5.36. The number of sulfonamides is 1. The second-order valence-corrected chi connectivity index (χ2v) is 6.58. The largest absolute Gasteiger partial charge is 0.397 e. The van der Waals surface area contributed by atoms with Gasteiger partial charge < -0.3 is 10.6 Å². The van der Waals surface area contributed by atoms with E-state index in [0.717, 1.165) is 12.2 Å². The van der Waals surface area contributed by atoms with Gasteiger partial charge in [-0.1, -0.05) is 13.8 Å². The highest BCUT2D eigenvalue weighted by Gasteiger charge is 2.15. The van der Waals surface area contributed by atoms with E-state index in [1.54, 1.807) is 6.07 Å². The summed E-state index contributed by atoms with van der Waals surface area (Å²) in [5.41, 5.74) is 6.99. The molecule has 1 rings (SSSR count). The standard InChI is InChI=1S/C13H20N4O2S/c1-10(2)9-17(7-3-6-14)13-5-4-11(8-12(13)15)20(16,18)19/h4-5,8,10H,3,7,9,15H2,1-2H3,(H2,16,18,19). The fourth-order valence-corrected chi connectivity index (χ4v) is 2.48. The molecular weight excluding hydrogens is 276 g/mol. The summed E-state index contributed by atoms with van der Waals surface area (Å²) in [6.07, 6.45) is 0.378. The van der Waals surface area contributed by atoms with E-state index >= 15 is 0 Å². The van der Waals surface area contributed by atoms with Crippen LogP contribution in [0.1, 0.15) is 20.3 Å². The number of nitriles is 1. The highest BCUT2D eigenvalue weighted by Crippen LogP contribution is 2.26. The fourth-order valence-electron chi connectivity index (χ4n) is 1.93. The average molecular weight is 296 g/mol. The number of nitrogens with two attached hydrogens (primary N) is 2. The van der Waals surface area contributed by atoms with Gasteiger partial charge in [0, 0.05) is 13.1 Å². The van der Waals surface area contributed by atoms with Crippen molar-refractivity contribution in [1.82, 2.24) is 0 Å². The molecule has 7 heteroatoms. The summed E-state index contributed by atoms with van der Waals surface area (Å²) >= 11 is 0. The number of rotatable bonds is 6. The van der Waals surface area contributed by atoms with Crippen LogP contribution < -0.4 is 15.8 Å². The summed E-state index contributed by atoms with van der Waals surface area (Å²) in [4.78, 5) is 1.97. The van der Waals surface area contributed by atoms with E-state index in [0.29, 0.717) is 24.6 Å². The van der Waals surface area contributed by atoms with Crippen LogP contribution in [0.2, 0.25) is 0 Å². The molecule has 0 bridgehead atoms. The Morgan fingerprint density at radius 3 is 2.50 bits per heavy atom. The van der Waals surface area contributed by atoms with Gasteiger partial charge in [0.1, 0.15) is 0 Å². The third kappa shape index (κ3) is 4.40. The number of hydrogen-bond acceptors (Lipinski definition) is 5. The van der Waals surface area contributed by atoms with Gasteiger partial charge in [-0.25, -0.2) is 13.6 Å². The topological polar surface area (TPSA) is 113 Å². The van der Waals surface area contributed by atoms with Crippen LogP contribution in [0, 0.1) is 17.2 Å². The van der Waals surface area contributed by atoms with Crippen LogP contribution in [-0.4, -0.2) is 21.5 Å². The third-order valence-corrected chi connectivity index (χ3v) is 3.66. The van der Waals surface area contributed by atoms with Crippen LogP contribution in [-0.2, 0) is 10.0 Å². The van der Waals surface area contributed by atoms with Gasteiger partial charge in [-0.3, -0.25) is 0 Å². The smallest absolute Gasteiger partial charge is 0.238 e. The molecule has 0 amide bonds. The van der Waals surface area contributed by atoms with Crippen molar-refractivity contribution in [2.75, 3.05) is 23.7 Å². The number of nitrogen functional groups attached to an aromatic ring is 1. The van der Waals surface area contributed by atoms with Crippen molar-refractivity contribution in [2.45, 2.75) is 25.2 Å². The Bertz CT molecular complexity index is 605. The molecular formula is C13H20N4O2S. The Balaban J connectivity index is 3.11. The Morgan fingerprint density at radius 2 is 2.05 bits per heavy atom. The molecule has 1 aromatic rings. The Hall–Kier alpha value is -1.78. The second kappa shape index (κ2) is 6.59. The lowest BCUT2D eigenvalue weighted by atomic mass is 10.1. The van der Waals surface area contributed by atoms with Crippen LogP contribution in [0.25, 0.3) is 0 Å². The number of nitrogens with zero attached hydrogens (tertiary/aromatic N) is 2. The van der Waals surface area contributed by atoms with E-state index in [2.05, 4.69) is 19.9 Å². The first-order chi connectivity index (χ1) is 9.25. The predicted octanol–water partition coefficient (Wildman–Crippen LogP) is 1.29. The van der Waals surface area contributed by atoms with Gasteiger partial charge >= 0.3 is 0 Å². The molecule has 6 nitrogen and oxygen atoms in total. The molecule has 0 saturated heterocycles. The van der Waals surface area contributed by atoms with Crippen LogP contribution in [0.5, 0.6) is 0 Å². The number of anilines is 2. The van der Waals surface area contributed by atoms with Gasteiger partial charge in [0.25, 0.3) is 0 Å². The zero-order chi connectivity index (χ0) is 15.3. The molecule has 110 valence electrons. The molecule has 0 radical (unpaired) electrons. The van der Waals surface area contributed by atoms with Crippen molar-refractivity contribution in [3.8, 4) is 6.07 Å². The Labute approximate surface area is 120 Å². The molecule has 20 heavy (non-hydrogen) atoms. The Morgan fingerprint density at radius 1 is 1.40 bits per heavy atom. The molecule has 0 atom stereocenters. The maximum atomic E-state index is 11.3. The average Bonchev–Trinajstić information content (AvgIpc) is 2.33. The maximum Gasteiger partial charge on any atom is 0.238 e. The summed E-state index contributed by atoms with van der Waals surface area (Å²) in [5.74, 6) is 0.394. The molecule has 0 spiro atoms. The van der Waals surface area contributed by atoms with Crippen molar-refractivity contribution in [3.05, 3.63) is 18.2 Å². The molecule has 1 aromatic carbocycles. The molecule has 0 aliphatic carbocycles. The van der Waals surface area contributed by atoms with Crippen molar-refractivity contribution in [3.63, 3.8) is 0 Å². The minimum atomic E-state index is -3.76. The van der Waals surface area contributed by atoms with Crippen molar-refractivity contribution in [2.24, 2.45) is 11.1 Å². The number of benzene rings is 1. The van der Waals surface area contributed by atoms with Gasteiger partial charge in [-0.2, -0.15) is 5.26 Å². The first-order valence-electron chi connectivity index (χ1n) is 6.30. The SMILES string of the molecule is CC(C)CN(CCC#N)c1ccc(S(N)(=O)=O)cc1N. The van der Waals surface area contributed by atoms with E-state index in [4.69, 9.17) is 16.1 Å². The first kappa shape index (κ1) is 16.3. The fraction of sp³-hybridized carbons (Fsp3) is 0.462. The lowest BCUT2D eigenvalue weighted by Gasteiger charge is -2.27. The van der Waals surface area contributed by atoms with Crippen molar-refractivity contribution < 1.29 is 8.42 Å². The third-order valence-electron chi connectivity index (χ3n) is 2.75. The molecule has 0 unspecified atom stereocenters. The second-order valence-electron chi connectivity index (χ2n) is 5.01. The van der Waals surface area contributed by atoms with E-state index < -0.39 is 10.0 Å². The van der Waals surface area contributed by atoms with E-state index in [9.17, 15) is 8.42 Å². The zero-order valence-corrected chi connectivity index (χ0v) is 12.5. The lowest BCUT2D eigenvalue weighted by molar-refractivity contribution is 0.597. The first-order valence-corrected chi connectivity index (χ1v) is 7.84. The molecule has 0 fully saturated rings. The summed E-state index contributed by atoms with van der Waals surface area (Å²) in [5, 5.41) is 13.8. The van der Waals surface area contributed by atoms with E-state index in [-0.39, 0.29) is 4.90 Å². The van der Waals surface area contributed by atoms with Crippen LogP contribution in [0.4, 0.5) is 11.4 Å². The van der Waals surface area contributed by atoms with Gasteiger partial charge in [0.05, 0.1) is 28.8 Å². The molecule has 0 aromatic heterocycles. The summed E-state index contributed by atoms with van der Waals surface area (Å²) < 4.78 is 22.6. The van der Waals surface area contributed by atoms with E-state index in [1.807, 2.05) is 4.90 Å². The minimum absolute atomic E-state index is 0.0106. The maximum absolute atomic E-state index is 11.3. The van der Waals surface area contributed by atoms with Gasteiger partial charge in [-0.15, -0.1) is 0 Å². The molecule has 4 N–H and O–H groups in total. The monoisotopic (exact) mass is 296 g/mol. The molecule has 0 aliphatic rings. The minimum Gasteiger partial charge on any atom is -0.397 e. The molecule has 0 aliphatic heterocycles. The van der Waals surface area contributed by atoms with Crippen LogP contribution in [0.3, 0.4) is 0 Å². The number of hydrogen-bond donors (Lipinski definition) is 2. The lowest BCUT2D eigenvalue weighted by Crippen LogP contribution is -2.29. The zero-order valence-electron chi connectivity index (χ0n) is 11.7. The van der Waals surface area contributed by atoms with Crippen molar-refractivity contribution >= 4 is 21.4 Å².